The van der Waals surface area contributed by atoms with E-state index in [1.807, 2.05) is 30.3 Å². The fourth-order valence-electron chi connectivity index (χ4n) is 2.67. The Morgan fingerprint density at radius 3 is 2.64 bits per heavy atom. The molecule has 5 heteroatoms. The Bertz CT molecular complexity index is 507. The van der Waals surface area contributed by atoms with Crippen LogP contribution in [0, 0.1) is 0 Å². The van der Waals surface area contributed by atoms with Gasteiger partial charge in [-0.3, -0.25) is 9.59 Å². The molecular formula is C17H24N2O2S. The molecule has 1 aromatic rings. The van der Waals surface area contributed by atoms with Crippen molar-refractivity contribution in [3.8, 4) is 0 Å². The SMILES string of the molecule is CCCCCNC(=O)C1CSC(c2ccccc2)N1C(C)=O. The van der Waals surface area contributed by atoms with Crippen molar-refractivity contribution in [2.75, 3.05) is 12.3 Å². The number of hydrogen-bond donors (Lipinski definition) is 1. The van der Waals surface area contributed by atoms with E-state index in [0.29, 0.717) is 12.3 Å². The highest BCUT2D eigenvalue weighted by molar-refractivity contribution is 7.99. The monoisotopic (exact) mass is 320 g/mol. The number of carbonyl (C=O) groups excluding carboxylic acids is 2. The molecule has 0 spiro atoms. The molecule has 22 heavy (non-hydrogen) atoms. The fraction of sp³-hybridized carbons (Fsp3) is 0.529. The van der Waals surface area contributed by atoms with E-state index in [0.717, 1.165) is 24.8 Å². The van der Waals surface area contributed by atoms with E-state index in [1.54, 1.807) is 23.6 Å². The van der Waals surface area contributed by atoms with Crippen molar-refractivity contribution in [2.45, 2.75) is 44.5 Å². The van der Waals surface area contributed by atoms with Gasteiger partial charge in [-0.2, -0.15) is 0 Å². The standard InChI is InChI=1S/C17H24N2O2S/c1-3-4-8-11-18-16(21)15-12-22-17(19(15)13(2)20)14-9-6-5-7-10-14/h5-7,9-10,15,17H,3-4,8,11-12H2,1-2H3,(H,18,21). The van der Waals surface area contributed by atoms with E-state index in [4.69, 9.17) is 0 Å². The second-order valence-corrected chi connectivity index (χ2v) is 6.65. The largest absolute Gasteiger partial charge is 0.354 e. The molecule has 1 heterocycles. The van der Waals surface area contributed by atoms with Crippen LogP contribution in [0.25, 0.3) is 0 Å². The number of benzene rings is 1. The Morgan fingerprint density at radius 2 is 2.00 bits per heavy atom. The maximum atomic E-state index is 12.4. The second-order valence-electron chi connectivity index (χ2n) is 5.54. The predicted molar refractivity (Wildman–Crippen MR) is 90.5 cm³/mol. The first kappa shape index (κ1) is 16.9. The van der Waals surface area contributed by atoms with Gasteiger partial charge in [0.15, 0.2) is 0 Å². The highest BCUT2D eigenvalue weighted by Gasteiger charge is 2.40. The Balaban J connectivity index is 2.03. The summed E-state index contributed by atoms with van der Waals surface area (Å²) in [6, 6.07) is 9.54. The highest BCUT2D eigenvalue weighted by Crippen LogP contribution is 2.41. The quantitative estimate of drug-likeness (QED) is 0.820. The predicted octanol–water partition coefficient (Wildman–Crippen LogP) is 2.96. The topological polar surface area (TPSA) is 49.4 Å². The average Bonchev–Trinajstić information content (AvgIpc) is 2.97. The van der Waals surface area contributed by atoms with Gasteiger partial charge < -0.3 is 10.2 Å². The van der Waals surface area contributed by atoms with E-state index in [1.165, 1.54) is 0 Å². The van der Waals surface area contributed by atoms with E-state index < -0.39 is 0 Å². The molecule has 1 saturated heterocycles. The number of hydrogen-bond acceptors (Lipinski definition) is 3. The summed E-state index contributed by atoms with van der Waals surface area (Å²) >= 11 is 1.66. The van der Waals surface area contributed by atoms with E-state index in [9.17, 15) is 9.59 Å². The molecule has 0 bridgehead atoms. The summed E-state index contributed by atoms with van der Waals surface area (Å²) in [5, 5.41) is 2.91. The number of nitrogens with one attached hydrogen (secondary N) is 1. The van der Waals surface area contributed by atoms with Crippen LogP contribution in [0.3, 0.4) is 0 Å². The average molecular weight is 320 g/mol. The third-order valence-electron chi connectivity index (χ3n) is 3.83. The molecule has 0 aromatic heterocycles. The molecule has 1 fully saturated rings. The van der Waals surface area contributed by atoms with Crippen LogP contribution >= 0.6 is 11.8 Å². The Morgan fingerprint density at radius 1 is 1.27 bits per heavy atom. The summed E-state index contributed by atoms with van der Waals surface area (Å²) < 4.78 is 0. The minimum atomic E-state index is -0.366. The molecule has 0 radical (unpaired) electrons. The van der Waals surface area contributed by atoms with Crippen molar-refractivity contribution >= 4 is 23.6 Å². The molecule has 0 aliphatic carbocycles. The first-order valence-electron chi connectivity index (χ1n) is 7.88. The molecule has 2 amide bonds. The van der Waals surface area contributed by atoms with Gasteiger partial charge in [0.25, 0.3) is 0 Å². The maximum absolute atomic E-state index is 12.4. The molecule has 2 atom stereocenters. The summed E-state index contributed by atoms with van der Waals surface area (Å²) in [5.41, 5.74) is 1.07. The smallest absolute Gasteiger partial charge is 0.243 e. The number of rotatable bonds is 6. The van der Waals surface area contributed by atoms with Crippen molar-refractivity contribution in [1.82, 2.24) is 10.2 Å². The van der Waals surface area contributed by atoms with Crippen LogP contribution in [0.4, 0.5) is 0 Å². The van der Waals surface area contributed by atoms with Gasteiger partial charge in [0, 0.05) is 19.2 Å². The summed E-state index contributed by atoms with van der Waals surface area (Å²) in [7, 11) is 0. The van der Waals surface area contributed by atoms with E-state index in [-0.39, 0.29) is 23.2 Å². The van der Waals surface area contributed by atoms with Gasteiger partial charge in [-0.1, -0.05) is 50.1 Å². The van der Waals surface area contributed by atoms with Crippen molar-refractivity contribution in [1.29, 1.82) is 0 Å². The molecule has 1 N–H and O–H groups in total. The van der Waals surface area contributed by atoms with Crippen molar-refractivity contribution in [2.24, 2.45) is 0 Å². The van der Waals surface area contributed by atoms with Crippen LogP contribution in [0.15, 0.2) is 30.3 Å². The highest BCUT2D eigenvalue weighted by atomic mass is 32.2. The van der Waals surface area contributed by atoms with Gasteiger partial charge in [-0.25, -0.2) is 0 Å². The van der Waals surface area contributed by atoms with Gasteiger partial charge in [0.05, 0.1) is 0 Å². The van der Waals surface area contributed by atoms with Crippen LogP contribution in [0.5, 0.6) is 0 Å². The third-order valence-corrected chi connectivity index (χ3v) is 5.15. The lowest BCUT2D eigenvalue weighted by atomic mass is 10.1. The summed E-state index contributed by atoms with van der Waals surface area (Å²) in [4.78, 5) is 26.2. The number of thioether (sulfide) groups is 1. The zero-order valence-corrected chi connectivity index (χ0v) is 14.1. The van der Waals surface area contributed by atoms with Gasteiger partial charge >= 0.3 is 0 Å². The molecule has 2 rings (SSSR count). The van der Waals surface area contributed by atoms with Crippen molar-refractivity contribution in [3.63, 3.8) is 0 Å². The lowest BCUT2D eigenvalue weighted by Crippen LogP contribution is -2.47. The molecule has 0 saturated carbocycles. The minimum absolute atomic E-state index is 0.0303. The second kappa shape index (κ2) is 8.22. The van der Waals surface area contributed by atoms with Gasteiger partial charge in [-0.15, -0.1) is 11.8 Å². The minimum Gasteiger partial charge on any atom is -0.354 e. The Labute approximate surface area is 136 Å². The van der Waals surface area contributed by atoms with E-state index in [2.05, 4.69) is 12.2 Å². The van der Waals surface area contributed by atoms with Crippen LogP contribution in [0.2, 0.25) is 0 Å². The molecular weight excluding hydrogens is 296 g/mol. The molecule has 1 aliphatic rings. The zero-order chi connectivity index (χ0) is 15.9. The summed E-state index contributed by atoms with van der Waals surface area (Å²) in [6.07, 6.45) is 3.23. The zero-order valence-electron chi connectivity index (χ0n) is 13.2. The van der Waals surface area contributed by atoms with Crippen LogP contribution in [0.1, 0.15) is 44.0 Å². The lowest BCUT2D eigenvalue weighted by molar-refractivity contribution is -0.138. The molecule has 1 aliphatic heterocycles. The number of amides is 2. The summed E-state index contributed by atoms with van der Waals surface area (Å²) in [5.74, 6) is 0.573. The van der Waals surface area contributed by atoms with Crippen LogP contribution < -0.4 is 5.32 Å². The summed E-state index contributed by atoms with van der Waals surface area (Å²) in [6.45, 7) is 4.37. The third kappa shape index (κ3) is 4.03. The van der Waals surface area contributed by atoms with Gasteiger partial charge in [0.1, 0.15) is 11.4 Å². The fourth-order valence-corrected chi connectivity index (χ4v) is 4.15. The Kier molecular flexibility index (Phi) is 6.31. The molecule has 1 aromatic carbocycles. The number of carbonyl (C=O) groups is 2. The van der Waals surface area contributed by atoms with Crippen LogP contribution in [-0.2, 0) is 9.59 Å². The molecule has 120 valence electrons. The molecule has 2 unspecified atom stereocenters. The van der Waals surface area contributed by atoms with E-state index >= 15 is 0 Å². The van der Waals surface area contributed by atoms with Crippen LogP contribution in [-0.4, -0.2) is 35.1 Å². The number of unbranched alkanes of at least 4 members (excludes halogenated alkanes) is 2. The van der Waals surface area contributed by atoms with Crippen molar-refractivity contribution < 1.29 is 9.59 Å². The number of nitrogens with zero attached hydrogens (tertiary/aromatic N) is 1. The first-order valence-corrected chi connectivity index (χ1v) is 8.93. The first-order chi connectivity index (χ1) is 10.6. The van der Waals surface area contributed by atoms with Gasteiger partial charge in [-0.05, 0) is 12.0 Å². The Hall–Kier alpha value is -1.49. The normalized spacial score (nSPS) is 20.9. The molecule has 4 nitrogen and oxygen atoms in total. The van der Waals surface area contributed by atoms with Crippen molar-refractivity contribution in [3.05, 3.63) is 35.9 Å². The van der Waals surface area contributed by atoms with Gasteiger partial charge in [0.2, 0.25) is 11.8 Å². The lowest BCUT2D eigenvalue weighted by Gasteiger charge is -2.27. The maximum Gasteiger partial charge on any atom is 0.243 e.